The van der Waals surface area contributed by atoms with Crippen LogP contribution in [0.25, 0.3) is 10.9 Å². The van der Waals surface area contributed by atoms with Crippen LogP contribution >= 0.6 is 0 Å². The van der Waals surface area contributed by atoms with Gasteiger partial charge in [-0.1, -0.05) is 18.2 Å². The zero-order valence-electron chi connectivity index (χ0n) is 16.9. The molecule has 0 spiro atoms. The van der Waals surface area contributed by atoms with Crippen molar-refractivity contribution in [2.24, 2.45) is 23.5 Å². The molecule has 3 heterocycles. The number of carbonyl (C=O) groups excluding carboxylic acids is 1. The highest BCUT2D eigenvalue weighted by Gasteiger charge is 2.49. The summed E-state index contributed by atoms with van der Waals surface area (Å²) < 4.78 is 0. The van der Waals surface area contributed by atoms with Crippen LogP contribution in [0.2, 0.25) is 0 Å². The predicted molar refractivity (Wildman–Crippen MR) is 113 cm³/mol. The van der Waals surface area contributed by atoms with Gasteiger partial charge in [0.25, 0.3) is 0 Å². The molecular formula is C23H32N4O2. The Morgan fingerprint density at radius 2 is 2.17 bits per heavy atom. The molecule has 1 amide bonds. The van der Waals surface area contributed by atoms with E-state index >= 15 is 0 Å². The van der Waals surface area contributed by atoms with Crippen molar-refractivity contribution >= 4 is 16.8 Å². The number of aliphatic hydroxyl groups excluding tert-OH is 1. The number of fused-ring (bicyclic) bond motifs is 6. The molecule has 0 radical (unpaired) electrons. The summed E-state index contributed by atoms with van der Waals surface area (Å²) >= 11 is 0. The van der Waals surface area contributed by atoms with E-state index in [2.05, 4.69) is 39.5 Å². The summed E-state index contributed by atoms with van der Waals surface area (Å²) in [7, 11) is 0. The van der Waals surface area contributed by atoms with Gasteiger partial charge in [0, 0.05) is 36.2 Å². The van der Waals surface area contributed by atoms with E-state index in [0.29, 0.717) is 25.0 Å². The van der Waals surface area contributed by atoms with Crippen molar-refractivity contribution in [2.45, 2.75) is 44.2 Å². The molecule has 2 aliphatic heterocycles. The molecule has 156 valence electrons. The van der Waals surface area contributed by atoms with Crippen LogP contribution in [0.5, 0.6) is 0 Å². The number of piperidine rings is 1. The van der Waals surface area contributed by atoms with Gasteiger partial charge in [-0.05, 0) is 62.1 Å². The minimum Gasteiger partial charge on any atom is -0.392 e. The summed E-state index contributed by atoms with van der Waals surface area (Å²) in [4.78, 5) is 19.3. The maximum atomic E-state index is 13.0. The molecule has 0 bridgehead atoms. The Hall–Kier alpha value is -1.89. The summed E-state index contributed by atoms with van der Waals surface area (Å²) in [6.45, 7) is 3.28. The van der Waals surface area contributed by atoms with Crippen LogP contribution in [0.15, 0.2) is 24.3 Å². The lowest BCUT2D eigenvalue weighted by Crippen LogP contribution is -2.55. The van der Waals surface area contributed by atoms with Gasteiger partial charge in [-0.25, -0.2) is 0 Å². The summed E-state index contributed by atoms with van der Waals surface area (Å²) in [6, 6.07) is 8.88. The number of rotatable bonds is 4. The summed E-state index contributed by atoms with van der Waals surface area (Å²) in [5, 5.41) is 15.1. The molecule has 6 nitrogen and oxygen atoms in total. The number of benzene rings is 1. The number of aliphatic hydroxyl groups is 1. The molecule has 5 rings (SSSR count). The number of nitrogens with one attached hydrogen (secondary N) is 2. The van der Waals surface area contributed by atoms with Gasteiger partial charge >= 0.3 is 0 Å². The molecule has 1 aromatic heterocycles. The Morgan fingerprint density at radius 1 is 1.31 bits per heavy atom. The highest BCUT2D eigenvalue weighted by Crippen LogP contribution is 2.49. The minimum atomic E-state index is -0.536. The predicted octanol–water partition coefficient (Wildman–Crippen LogP) is 1.94. The van der Waals surface area contributed by atoms with E-state index in [0.717, 1.165) is 45.2 Å². The molecule has 3 aliphatic rings. The van der Waals surface area contributed by atoms with Crippen LogP contribution in [0.4, 0.5) is 0 Å². The van der Waals surface area contributed by atoms with Gasteiger partial charge in [0.05, 0.1) is 18.1 Å². The van der Waals surface area contributed by atoms with Gasteiger partial charge in [0.1, 0.15) is 0 Å². The number of para-hydroxylation sites is 1. The van der Waals surface area contributed by atoms with Gasteiger partial charge in [-0.2, -0.15) is 0 Å². The number of nitrogens with two attached hydrogens (primary N) is 1. The fourth-order valence-corrected chi connectivity index (χ4v) is 6.14. The molecule has 5 N–H and O–H groups in total. The molecular weight excluding hydrogens is 364 g/mol. The number of hydrogen-bond donors (Lipinski definition) is 4. The molecule has 1 aliphatic carbocycles. The molecule has 1 unspecified atom stereocenters. The first-order valence-corrected chi connectivity index (χ1v) is 11.2. The smallest absolute Gasteiger partial charge is 0.226 e. The lowest BCUT2D eigenvalue weighted by Gasteiger charge is -2.51. The van der Waals surface area contributed by atoms with E-state index in [4.69, 9.17) is 5.73 Å². The lowest BCUT2D eigenvalue weighted by molar-refractivity contribution is -0.139. The van der Waals surface area contributed by atoms with Crippen molar-refractivity contribution in [3.05, 3.63) is 35.5 Å². The Morgan fingerprint density at radius 3 is 3.03 bits per heavy atom. The summed E-state index contributed by atoms with van der Waals surface area (Å²) in [5.41, 5.74) is 9.55. The van der Waals surface area contributed by atoms with Crippen LogP contribution in [0.1, 0.15) is 43.0 Å². The van der Waals surface area contributed by atoms with E-state index in [1.165, 1.54) is 22.2 Å². The Bertz CT molecular complexity index is 894. The topological polar surface area (TPSA) is 94.4 Å². The fourth-order valence-electron chi connectivity index (χ4n) is 6.14. The average molecular weight is 397 g/mol. The van der Waals surface area contributed by atoms with Crippen molar-refractivity contribution in [3.63, 3.8) is 0 Å². The zero-order valence-corrected chi connectivity index (χ0v) is 16.9. The van der Waals surface area contributed by atoms with Crippen molar-refractivity contribution in [2.75, 3.05) is 26.2 Å². The maximum Gasteiger partial charge on any atom is 0.226 e. The highest BCUT2D eigenvalue weighted by atomic mass is 16.3. The number of H-pyrrole nitrogens is 1. The summed E-state index contributed by atoms with van der Waals surface area (Å²) in [5.74, 6) is 0.436. The van der Waals surface area contributed by atoms with Crippen molar-refractivity contribution < 1.29 is 9.90 Å². The Labute approximate surface area is 171 Å². The first-order valence-electron chi connectivity index (χ1n) is 11.2. The van der Waals surface area contributed by atoms with E-state index < -0.39 is 6.10 Å². The van der Waals surface area contributed by atoms with Crippen molar-refractivity contribution in [1.82, 2.24) is 15.2 Å². The second kappa shape index (κ2) is 7.74. The van der Waals surface area contributed by atoms with Gasteiger partial charge in [-0.15, -0.1) is 0 Å². The summed E-state index contributed by atoms with van der Waals surface area (Å²) in [6.07, 6.45) is 4.01. The molecule has 1 saturated carbocycles. The number of carbonyl (C=O) groups is 1. The standard InChI is InChI=1S/C23H32N4O2/c24-9-3-10-25-23(29)21-17-12-19-22-16(15-4-1-2-5-18(15)26-22)8-11-27(19)13-14(17)6-7-20(21)28/h1-2,4-5,14,17,19-21,26,28H,3,6-13,24H2,(H,25,29)/t14-,17-,19-,20-,21?/m0/s1. The van der Waals surface area contributed by atoms with Crippen LogP contribution in [0.3, 0.4) is 0 Å². The quantitative estimate of drug-likeness (QED) is 0.594. The Kier molecular flexibility index (Phi) is 5.10. The van der Waals surface area contributed by atoms with Gasteiger partial charge < -0.3 is 21.1 Å². The second-order valence-electron chi connectivity index (χ2n) is 9.09. The molecule has 1 saturated heterocycles. The van der Waals surface area contributed by atoms with Gasteiger partial charge in [0.15, 0.2) is 0 Å². The number of hydrogen-bond acceptors (Lipinski definition) is 4. The van der Waals surface area contributed by atoms with E-state index in [1.807, 2.05) is 0 Å². The molecule has 1 aromatic carbocycles. The maximum absolute atomic E-state index is 13.0. The SMILES string of the molecule is NCCCNC(=O)C1[C@H]2C[C@H]3c4[nH]c5ccccc5c4CCN3C[C@@H]2CC[C@@H]1O. The zero-order chi connectivity index (χ0) is 20.0. The molecule has 5 atom stereocenters. The van der Waals surface area contributed by atoms with Gasteiger partial charge in [0.2, 0.25) is 5.91 Å². The van der Waals surface area contributed by atoms with E-state index in [-0.39, 0.29) is 17.7 Å². The second-order valence-corrected chi connectivity index (χ2v) is 9.09. The third kappa shape index (κ3) is 3.27. The monoisotopic (exact) mass is 396 g/mol. The molecule has 2 fully saturated rings. The molecule has 2 aromatic rings. The van der Waals surface area contributed by atoms with Crippen LogP contribution in [-0.4, -0.2) is 53.2 Å². The van der Waals surface area contributed by atoms with Crippen LogP contribution < -0.4 is 11.1 Å². The van der Waals surface area contributed by atoms with E-state index in [1.54, 1.807) is 0 Å². The van der Waals surface area contributed by atoms with Crippen LogP contribution in [0, 0.1) is 17.8 Å². The Balaban J connectivity index is 1.43. The average Bonchev–Trinajstić information content (AvgIpc) is 3.11. The fraction of sp³-hybridized carbons (Fsp3) is 0.609. The first-order chi connectivity index (χ1) is 14.2. The normalized spacial score (nSPS) is 31.7. The lowest BCUT2D eigenvalue weighted by atomic mass is 9.64. The molecule has 6 heteroatoms. The number of aromatic amines is 1. The largest absolute Gasteiger partial charge is 0.392 e. The number of aromatic nitrogens is 1. The van der Waals surface area contributed by atoms with Crippen LogP contribution in [-0.2, 0) is 11.2 Å². The van der Waals surface area contributed by atoms with Crippen molar-refractivity contribution in [3.8, 4) is 0 Å². The van der Waals surface area contributed by atoms with Gasteiger partial charge in [-0.3, -0.25) is 9.69 Å². The number of amides is 1. The highest BCUT2D eigenvalue weighted by molar-refractivity contribution is 5.85. The third-order valence-corrected chi connectivity index (χ3v) is 7.53. The van der Waals surface area contributed by atoms with Crippen molar-refractivity contribution in [1.29, 1.82) is 0 Å². The van der Waals surface area contributed by atoms with E-state index in [9.17, 15) is 9.90 Å². The molecule has 29 heavy (non-hydrogen) atoms. The number of nitrogens with zero attached hydrogens (tertiary/aromatic N) is 1. The third-order valence-electron chi connectivity index (χ3n) is 7.53. The minimum absolute atomic E-state index is 0.0155. The first kappa shape index (κ1) is 19.1.